The third-order valence-electron chi connectivity index (χ3n) is 18.6. The summed E-state index contributed by atoms with van der Waals surface area (Å²) in [6.07, 6.45) is 7.83. The molecule has 12 rings (SSSR count). The molecule has 4 fully saturated rings. The van der Waals surface area contributed by atoms with Crippen LogP contribution in [0.4, 0.5) is 23.8 Å². The first-order chi connectivity index (χ1) is 41.4. The third-order valence-corrected chi connectivity index (χ3v) is 30.1. The Morgan fingerprint density at radius 1 is 0.466 bits per heavy atom. The summed E-state index contributed by atoms with van der Waals surface area (Å²) in [5.74, 6) is -0.935. The Morgan fingerprint density at radius 3 is 0.966 bits per heavy atom. The van der Waals surface area contributed by atoms with Crippen molar-refractivity contribution < 1.29 is 34.4 Å². The predicted molar refractivity (Wildman–Crippen MR) is 337 cm³/mol. The maximum Gasteiger partial charge on any atom is 0.280 e. The van der Waals surface area contributed by atoms with E-state index < -0.39 is 47.7 Å². The minimum absolute atomic E-state index is 0.00328. The predicted octanol–water partition coefficient (Wildman–Crippen LogP) is 1.35. The molecule has 1 unspecified atom stereocenters. The number of nitrogen functional groups attached to an aromatic ring is 4. The molecule has 0 amide bonds. The molecule has 8 heterocycles. The molecule has 0 aromatic carbocycles. The van der Waals surface area contributed by atoms with Gasteiger partial charge in [-0.1, -0.05) is 26.3 Å². The Labute approximate surface area is 504 Å². The van der Waals surface area contributed by atoms with Crippen molar-refractivity contribution in [3.63, 3.8) is 0 Å². The highest BCUT2D eigenvalue weighted by molar-refractivity contribution is 6.86. The molecule has 8 aromatic heterocycles. The fraction of sp³-hybridized carbons (Fsp3) is 0.481. The standard InChI is InChI=1S/C28H40N10O5Si2.C14H21N5O3Si.C12H15N5O3/c1-13-15(9-39)19(7-17(13)37-11-31-21-23(37)33-27(29)35-25(21)41)44(3,4)43-45(5,6)20-8-18(14(2)16(20)10-40)38-12-32-22-24(38)34-28(30)36-26(22)42;1-7-8(5-20)10(23(2,3)22)4-9(7)19-6-16-11-12(19)17-14(15)18-13(11)21;1-5-6(3-18)8(19)2-7(5)17-4-14-9-10(17)15-12(13)16-11(9)20/h11-12,15-20,39-40H,1-2,7-10H2,3-6H3,(H3,29,33,35,41)(H3,30,34,36,42);6,8-10,20,22H,1,4-5H2,2-3H3,(H3,15,17,18,21);4,6-8,18-19H,1-3H2,(H3,13,15,16,20)/t15-,16-,17-,18-,19-,20-;8-,9-,10-;6-,7?,8-/m000/s1. The molecule has 0 radical (unpaired) electrons. The number of aliphatic hydroxyl groups is 5. The number of imidazole rings is 4. The van der Waals surface area contributed by atoms with Gasteiger partial charge in [0.05, 0.1) is 62.2 Å². The van der Waals surface area contributed by atoms with E-state index in [1.54, 1.807) is 28.1 Å². The lowest BCUT2D eigenvalue weighted by atomic mass is 10.0. The van der Waals surface area contributed by atoms with Crippen molar-refractivity contribution >= 4 is 93.4 Å². The summed E-state index contributed by atoms with van der Waals surface area (Å²) in [6, 6.07) is -0.926. The number of nitrogens with one attached hydrogen (secondary N) is 4. The van der Waals surface area contributed by atoms with Gasteiger partial charge in [-0.2, -0.15) is 19.9 Å². The van der Waals surface area contributed by atoms with Crippen molar-refractivity contribution in [3.05, 3.63) is 115 Å². The minimum atomic E-state index is -2.56. The lowest BCUT2D eigenvalue weighted by molar-refractivity contribution is 0.101. The smallest absolute Gasteiger partial charge is 0.280 e. The van der Waals surface area contributed by atoms with Crippen LogP contribution in [0.5, 0.6) is 0 Å². The quantitative estimate of drug-likeness (QED) is 0.0572. The number of rotatable bonds is 13. The van der Waals surface area contributed by atoms with E-state index >= 15 is 0 Å². The summed E-state index contributed by atoms with van der Waals surface area (Å²) in [4.78, 5) is 102. The van der Waals surface area contributed by atoms with Crippen LogP contribution in [0.2, 0.25) is 55.9 Å². The summed E-state index contributed by atoms with van der Waals surface area (Å²) in [7, 11) is -7.59. The first-order valence-corrected chi connectivity index (χ1v) is 37.6. The first kappa shape index (κ1) is 63.0. The minimum Gasteiger partial charge on any atom is -0.455 e. The van der Waals surface area contributed by atoms with Crippen molar-refractivity contribution in [3.8, 4) is 0 Å². The number of aromatic nitrogens is 16. The van der Waals surface area contributed by atoms with Gasteiger partial charge in [-0.05, 0) is 104 Å². The van der Waals surface area contributed by atoms with Gasteiger partial charge in [0.2, 0.25) is 23.8 Å². The van der Waals surface area contributed by atoms with Crippen LogP contribution < -0.4 is 45.2 Å². The van der Waals surface area contributed by atoms with E-state index in [0.29, 0.717) is 53.8 Å². The van der Waals surface area contributed by atoms with Crippen molar-refractivity contribution in [2.45, 2.75) is 112 Å². The van der Waals surface area contributed by atoms with Crippen LogP contribution in [0.25, 0.3) is 44.7 Å². The van der Waals surface area contributed by atoms with Gasteiger partial charge in [0.25, 0.3) is 22.2 Å². The fourth-order valence-corrected chi connectivity index (χ4v) is 27.1. The van der Waals surface area contributed by atoms with Gasteiger partial charge in [0, 0.05) is 43.5 Å². The highest BCUT2D eigenvalue weighted by Crippen LogP contribution is 2.57. The SMILES string of the molecule is C=C1C(n2cnc3c(=O)[nH]c(N)nc32)C[C@H](O)[C@H]1CO.C=C1[C@H](CO)[C@@H]([Si](C)(C)O)C[C@@H]1n1cnc2c(=O)[nH]c(N)nc21.C=C1[C@H](CO)[C@@H]([Si](C)(C)O[Si](C)(C)[C@H]2C[C@H](n3cnc4c(=O)[nH]c(N)nc43)C(=C)[C@@H]2CO)C[C@@H]1n1cnc2c(=O)[nH]c(N)nc21. The van der Waals surface area contributed by atoms with Crippen LogP contribution in [-0.4, -0.2) is 166 Å². The molecule has 0 saturated heterocycles. The lowest BCUT2D eigenvalue weighted by Crippen LogP contribution is -2.51. The Hall–Kier alpha value is -8.07. The van der Waals surface area contributed by atoms with Gasteiger partial charge in [-0.15, -0.1) is 0 Å². The van der Waals surface area contributed by atoms with Gasteiger partial charge in [-0.25, -0.2) is 19.9 Å². The van der Waals surface area contributed by atoms with Crippen molar-refractivity contribution in [1.29, 1.82) is 0 Å². The third kappa shape index (κ3) is 11.1. The van der Waals surface area contributed by atoms with Gasteiger partial charge in [0.15, 0.2) is 69.6 Å². The number of nitrogens with two attached hydrogens (primary N) is 4. The van der Waals surface area contributed by atoms with E-state index in [1.807, 2.05) is 22.2 Å². The zero-order valence-corrected chi connectivity index (χ0v) is 52.6. The lowest BCUT2D eigenvalue weighted by Gasteiger charge is -2.43. The molecule has 4 aliphatic carbocycles. The average molecular weight is 1270 g/mol. The number of aromatic amines is 4. The number of fused-ring (bicyclic) bond motifs is 4. The summed E-state index contributed by atoms with van der Waals surface area (Å²) < 4.78 is 14.4. The number of hydrogen-bond acceptors (Lipinski definition) is 23. The molecule has 34 heteroatoms. The second-order valence-electron chi connectivity index (χ2n) is 24.9. The number of hydrogen-bond donors (Lipinski definition) is 14. The van der Waals surface area contributed by atoms with E-state index in [0.717, 1.165) is 16.7 Å². The van der Waals surface area contributed by atoms with Crippen LogP contribution in [0.15, 0.2) is 93.1 Å². The molecule has 4 aliphatic rings. The molecular weight excluding hydrogens is 1190 g/mol. The Bertz CT molecular complexity index is 4170. The number of anilines is 4. The van der Waals surface area contributed by atoms with Gasteiger partial charge < -0.3 is 75.6 Å². The van der Waals surface area contributed by atoms with Crippen LogP contribution >= 0.6 is 0 Å². The van der Waals surface area contributed by atoms with E-state index in [-0.39, 0.29) is 142 Å². The van der Waals surface area contributed by atoms with Gasteiger partial charge >= 0.3 is 0 Å². The molecule has 88 heavy (non-hydrogen) atoms. The van der Waals surface area contributed by atoms with E-state index in [2.05, 4.69) is 112 Å². The second-order valence-corrected chi connectivity index (χ2v) is 37.7. The zero-order chi connectivity index (χ0) is 64.0. The van der Waals surface area contributed by atoms with E-state index in [9.17, 15) is 49.5 Å². The molecule has 0 bridgehead atoms. The highest BCUT2D eigenvalue weighted by Gasteiger charge is 2.55. The highest BCUT2D eigenvalue weighted by atomic mass is 28.4. The number of nitrogens with zero attached hydrogens (tertiary/aromatic N) is 12. The van der Waals surface area contributed by atoms with Crippen LogP contribution in [0, 0.1) is 23.7 Å². The molecular formula is C54H76N20O11Si3. The van der Waals surface area contributed by atoms with Gasteiger partial charge in [0.1, 0.15) is 0 Å². The first-order valence-electron chi connectivity index (χ1n) is 28.6. The normalized spacial score (nSPS) is 26.0. The number of aliphatic hydroxyl groups excluding tert-OH is 5. The molecule has 31 nitrogen and oxygen atoms in total. The Balaban J connectivity index is 0.000000165. The molecule has 12 atom stereocenters. The van der Waals surface area contributed by atoms with Crippen LogP contribution in [0.3, 0.4) is 0 Å². The summed E-state index contributed by atoms with van der Waals surface area (Å²) in [5.41, 5.74) is 26.7. The fourth-order valence-electron chi connectivity index (χ4n) is 14.2. The van der Waals surface area contributed by atoms with E-state index in [1.165, 1.54) is 6.33 Å². The maximum absolute atomic E-state index is 12.4. The number of H-pyrrole nitrogens is 4. The molecule has 4 saturated carbocycles. The molecule has 8 aromatic rings. The monoisotopic (exact) mass is 1260 g/mol. The van der Waals surface area contributed by atoms with Crippen molar-refractivity contribution in [2.24, 2.45) is 23.7 Å². The summed E-state index contributed by atoms with van der Waals surface area (Å²) in [5, 5.41) is 50.1. The molecule has 0 aliphatic heterocycles. The molecule has 470 valence electrons. The molecule has 18 N–H and O–H groups in total. The van der Waals surface area contributed by atoms with Crippen molar-refractivity contribution in [1.82, 2.24) is 78.1 Å². The summed E-state index contributed by atoms with van der Waals surface area (Å²) in [6.45, 7) is 28.8. The largest absolute Gasteiger partial charge is 0.455 e. The second kappa shape index (κ2) is 23.5. The van der Waals surface area contributed by atoms with Gasteiger partial charge in [-0.3, -0.25) is 39.1 Å². The molecule has 0 spiro atoms. The maximum atomic E-state index is 12.4. The van der Waals surface area contributed by atoms with Crippen molar-refractivity contribution in [2.75, 3.05) is 49.4 Å². The average Bonchev–Trinajstić information content (AvgIpc) is 3.15. The Morgan fingerprint density at radius 2 is 0.716 bits per heavy atom. The topological polar surface area (TPSA) is 489 Å². The van der Waals surface area contributed by atoms with Crippen LogP contribution in [-0.2, 0) is 4.12 Å². The zero-order valence-electron chi connectivity index (χ0n) is 49.6. The Kier molecular flexibility index (Phi) is 16.8. The van der Waals surface area contributed by atoms with E-state index in [4.69, 9.17) is 27.0 Å². The summed E-state index contributed by atoms with van der Waals surface area (Å²) >= 11 is 0. The van der Waals surface area contributed by atoms with Crippen LogP contribution in [0.1, 0.15) is 49.9 Å².